The topological polar surface area (TPSA) is 64.3 Å². The quantitative estimate of drug-likeness (QED) is 0.827. The first-order valence-electron chi connectivity index (χ1n) is 6.93. The molecule has 2 aromatic rings. The van der Waals surface area contributed by atoms with Gasteiger partial charge in [0.25, 0.3) is 5.91 Å². The van der Waals surface area contributed by atoms with Crippen LogP contribution in [0.5, 0.6) is 5.75 Å². The molecule has 0 aliphatic carbocycles. The number of hydrogen-bond acceptors (Lipinski definition) is 3. The molecule has 2 rings (SSSR count). The number of anilines is 2. The van der Waals surface area contributed by atoms with E-state index in [4.69, 9.17) is 10.5 Å². The molecule has 0 aliphatic rings. The molecule has 0 spiro atoms. The van der Waals surface area contributed by atoms with Crippen molar-refractivity contribution in [2.45, 2.75) is 19.8 Å². The van der Waals surface area contributed by atoms with E-state index in [1.165, 1.54) is 5.56 Å². The number of nitrogens with one attached hydrogen (secondary N) is 1. The van der Waals surface area contributed by atoms with Gasteiger partial charge in [0.15, 0.2) is 6.61 Å². The van der Waals surface area contributed by atoms with Crippen molar-refractivity contribution in [1.29, 1.82) is 0 Å². The molecule has 0 fully saturated rings. The van der Waals surface area contributed by atoms with Crippen molar-refractivity contribution in [1.82, 2.24) is 0 Å². The van der Waals surface area contributed by atoms with E-state index in [1.54, 1.807) is 12.1 Å². The van der Waals surface area contributed by atoms with E-state index in [0.717, 1.165) is 0 Å². The number of nitrogen functional groups attached to an aromatic ring is 1. The maximum atomic E-state index is 11.9. The van der Waals surface area contributed by atoms with E-state index in [-0.39, 0.29) is 12.5 Å². The van der Waals surface area contributed by atoms with Gasteiger partial charge in [-0.05, 0) is 35.7 Å². The summed E-state index contributed by atoms with van der Waals surface area (Å²) in [5.74, 6) is 0.881. The normalized spacial score (nSPS) is 10.4. The molecule has 4 heteroatoms. The molecule has 0 aromatic heterocycles. The Morgan fingerprint density at radius 1 is 1.19 bits per heavy atom. The van der Waals surface area contributed by atoms with Crippen LogP contribution in [0.3, 0.4) is 0 Å². The predicted octanol–water partition coefficient (Wildman–Crippen LogP) is 3.41. The summed E-state index contributed by atoms with van der Waals surface area (Å²) in [5, 5.41) is 2.73. The number of hydrogen-bond donors (Lipinski definition) is 2. The number of carbonyl (C=O) groups is 1. The maximum absolute atomic E-state index is 11.9. The highest BCUT2D eigenvalue weighted by Crippen LogP contribution is 2.20. The van der Waals surface area contributed by atoms with Crippen molar-refractivity contribution >= 4 is 17.3 Å². The van der Waals surface area contributed by atoms with Gasteiger partial charge in [0.05, 0.1) is 11.4 Å². The number of ether oxygens (including phenoxy) is 1. The average molecular weight is 284 g/mol. The third-order valence-corrected chi connectivity index (χ3v) is 3.13. The van der Waals surface area contributed by atoms with E-state index in [9.17, 15) is 4.79 Å². The van der Waals surface area contributed by atoms with Crippen LogP contribution >= 0.6 is 0 Å². The van der Waals surface area contributed by atoms with Gasteiger partial charge >= 0.3 is 0 Å². The third-order valence-electron chi connectivity index (χ3n) is 3.13. The van der Waals surface area contributed by atoms with E-state index in [1.807, 2.05) is 36.4 Å². The van der Waals surface area contributed by atoms with Crippen LogP contribution in [0.15, 0.2) is 48.5 Å². The van der Waals surface area contributed by atoms with Gasteiger partial charge < -0.3 is 15.8 Å². The molecule has 2 aromatic carbocycles. The van der Waals surface area contributed by atoms with Crippen molar-refractivity contribution in [3.05, 3.63) is 54.1 Å². The standard InChI is InChI=1S/C17H20N2O2/c1-12(2)13-6-5-7-14(10-13)21-11-17(20)19-16-9-4-3-8-15(16)18/h3-10,12H,11,18H2,1-2H3,(H,19,20). The van der Waals surface area contributed by atoms with Crippen LogP contribution in [-0.2, 0) is 4.79 Å². The summed E-state index contributed by atoms with van der Waals surface area (Å²) < 4.78 is 5.52. The molecule has 0 heterocycles. The number of para-hydroxylation sites is 2. The number of amides is 1. The lowest BCUT2D eigenvalue weighted by molar-refractivity contribution is -0.118. The number of benzene rings is 2. The Hall–Kier alpha value is -2.49. The Balaban J connectivity index is 1.92. The second kappa shape index (κ2) is 6.79. The van der Waals surface area contributed by atoms with Crippen LogP contribution in [0, 0.1) is 0 Å². The maximum Gasteiger partial charge on any atom is 0.262 e. The van der Waals surface area contributed by atoms with Crippen LogP contribution in [-0.4, -0.2) is 12.5 Å². The summed E-state index contributed by atoms with van der Waals surface area (Å²) in [6.07, 6.45) is 0. The fraction of sp³-hybridized carbons (Fsp3) is 0.235. The first-order chi connectivity index (χ1) is 10.1. The van der Waals surface area contributed by atoms with Crippen molar-refractivity contribution in [3.8, 4) is 5.75 Å². The molecule has 3 N–H and O–H groups in total. The third kappa shape index (κ3) is 4.24. The van der Waals surface area contributed by atoms with Crippen molar-refractivity contribution in [3.63, 3.8) is 0 Å². The van der Waals surface area contributed by atoms with Gasteiger partial charge in [-0.2, -0.15) is 0 Å². The van der Waals surface area contributed by atoms with E-state index >= 15 is 0 Å². The number of nitrogens with two attached hydrogens (primary N) is 1. The molecule has 0 bridgehead atoms. The Labute approximate surface area is 124 Å². The molecule has 0 radical (unpaired) electrons. The second-order valence-corrected chi connectivity index (χ2v) is 5.15. The molecule has 21 heavy (non-hydrogen) atoms. The fourth-order valence-corrected chi connectivity index (χ4v) is 1.91. The molecule has 1 amide bonds. The van der Waals surface area contributed by atoms with Crippen molar-refractivity contribution in [2.75, 3.05) is 17.7 Å². The highest BCUT2D eigenvalue weighted by Gasteiger charge is 2.06. The van der Waals surface area contributed by atoms with E-state index < -0.39 is 0 Å². The first kappa shape index (κ1) is 14.9. The summed E-state index contributed by atoms with van der Waals surface area (Å²) in [4.78, 5) is 11.9. The highest BCUT2D eigenvalue weighted by molar-refractivity contribution is 5.94. The predicted molar refractivity (Wildman–Crippen MR) is 85.5 cm³/mol. The Bertz CT molecular complexity index is 624. The number of rotatable bonds is 5. The lowest BCUT2D eigenvalue weighted by atomic mass is 10.0. The molecule has 110 valence electrons. The van der Waals surface area contributed by atoms with Gasteiger partial charge in [0.1, 0.15) is 5.75 Å². The summed E-state index contributed by atoms with van der Waals surface area (Å²) >= 11 is 0. The zero-order valence-corrected chi connectivity index (χ0v) is 12.3. The second-order valence-electron chi connectivity index (χ2n) is 5.15. The average Bonchev–Trinajstić information content (AvgIpc) is 2.48. The Kier molecular flexibility index (Phi) is 4.82. The van der Waals surface area contributed by atoms with Gasteiger partial charge in [0, 0.05) is 0 Å². The lowest BCUT2D eigenvalue weighted by Gasteiger charge is -2.11. The summed E-state index contributed by atoms with van der Waals surface area (Å²) in [6, 6.07) is 14.9. The molecular formula is C17H20N2O2. The zero-order valence-electron chi connectivity index (χ0n) is 12.3. The molecule has 0 unspecified atom stereocenters. The van der Waals surface area contributed by atoms with Crippen molar-refractivity contribution in [2.24, 2.45) is 0 Å². The van der Waals surface area contributed by atoms with Gasteiger partial charge in [-0.15, -0.1) is 0 Å². The Morgan fingerprint density at radius 2 is 1.95 bits per heavy atom. The van der Waals surface area contributed by atoms with Crippen molar-refractivity contribution < 1.29 is 9.53 Å². The van der Waals surface area contributed by atoms with Gasteiger partial charge in [-0.25, -0.2) is 0 Å². The van der Waals surface area contributed by atoms with Crippen LogP contribution < -0.4 is 15.8 Å². The Morgan fingerprint density at radius 3 is 2.67 bits per heavy atom. The molecule has 0 aliphatic heterocycles. The monoisotopic (exact) mass is 284 g/mol. The highest BCUT2D eigenvalue weighted by atomic mass is 16.5. The summed E-state index contributed by atoms with van der Waals surface area (Å²) in [5.41, 5.74) is 8.09. The minimum atomic E-state index is -0.233. The molecule has 0 atom stereocenters. The minimum absolute atomic E-state index is 0.0458. The fourth-order valence-electron chi connectivity index (χ4n) is 1.91. The van der Waals surface area contributed by atoms with E-state index in [2.05, 4.69) is 19.2 Å². The largest absolute Gasteiger partial charge is 0.484 e. The first-order valence-corrected chi connectivity index (χ1v) is 6.93. The molecule has 4 nitrogen and oxygen atoms in total. The summed E-state index contributed by atoms with van der Waals surface area (Å²) in [7, 11) is 0. The van der Waals surface area contributed by atoms with Crippen LogP contribution in [0.25, 0.3) is 0 Å². The SMILES string of the molecule is CC(C)c1cccc(OCC(=O)Nc2ccccc2N)c1. The van der Waals surface area contributed by atoms with Gasteiger partial charge in [-0.1, -0.05) is 38.1 Å². The molecular weight excluding hydrogens is 264 g/mol. The number of carbonyl (C=O) groups excluding carboxylic acids is 1. The molecule has 0 saturated carbocycles. The van der Waals surface area contributed by atoms with Crippen LogP contribution in [0.2, 0.25) is 0 Å². The lowest BCUT2D eigenvalue weighted by Crippen LogP contribution is -2.20. The van der Waals surface area contributed by atoms with Crippen LogP contribution in [0.4, 0.5) is 11.4 Å². The summed E-state index contributed by atoms with van der Waals surface area (Å²) in [6.45, 7) is 4.18. The van der Waals surface area contributed by atoms with Crippen LogP contribution in [0.1, 0.15) is 25.3 Å². The zero-order chi connectivity index (χ0) is 15.2. The minimum Gasteiger partial charge on any atom is -0.484 e. The van der Waals surface area contributed by atoms with Gasteiger partial charge in [0.2, 0.25) is 0 Å². The van der Waals surface area contributed by atoms with E-state index in [0.29, 0.717) is 23.0 Å². The smallest absolute Gasteiger partial charge is 0.262 e. The van der Waals surface area contributed by atoms with Gasteiger partial charge in [-0.3, -0.25) is 4.79 Å². The molecule has 0 saturated heterocycles.